The first kappa shape index (κ1) is 16.4. The summed E-state index contributed by atoms with van der Waals surface area (Å²) in [6, 6.07) is 11.6. The second-order valence-electron chi connectivity index (χ2n) is 5.41. The summed E-state index contributed by atoms with van der Waals surface area (Å²) in [6.07, 6.45) is 0. The first-order valence-corrected chi connectivity index (χ1v) is 7.47. The molecule has 3 aromatic rings. The number of aromatic nitrogens is 1. The summed E-state index contributed by atoms with van der Waals surface area (Å²) in [5.74, 6) is -1.24. The van der Waals surface area contributed by atoms with Crippen LogP contribution in [0.4, 0.5) is 5.69 Å². The number of para-hydroxylation sites is 2. The van der Waals surface area contributed by atoms with E-state index in [1.807, 2.05) is 0 Å². The molecule has 0 aliphatic heterocycles. The number of carbonyl (C=O) groups excluding carboxylic acids is 1. The molecule has 0 saturated heterocycles. The van der Waals surface area contributed by atoms with Crippen molar-refractivity contribution in [3.05, 3.63) is 74.8 Å². The Morgan fingerprint density at radius 2 is 1.92 bits per heavy atom. The van der Waals surface area contributed by atoms with Gasteiger partial charge in [0.1, 0.15) is 12.6 Å². The fourth-order valence-corrected chi connectivity index (χ4v) is 2.45. The molecule has 0 amide bonds. The third kappa shape index (κ3) is 3.27. The number of rotatable bonds is 5. The molecule has 0 spiro atoms. The second kappa shape index (κ2) is 6.60. The Bertz CT molecular complexity index is 986. The number of benzene rings is 2. The van der Waals surface area contributed by atoms with Crippen molar-refractivity contribution >= 4 is 22.8 Å². The lowest BCUT2D eigenvalue weighted by Gasteiger charge is -2.12. The number of hydrogen-bond donors (Lipinski definition) is 0. The average molecular weight is 342 g/mol. The molecule has 0 aliphatic rings. The Hall–Kier alpha value is -3.42. The molecular formula is C17H14N2O6. The predicted octanol–water partition coefficient (Wildman–Crippen LogP) is 2.81. The van der Waals surface area contributed by atoms with Crippen LogP contribution in [0.3, 0.4) is 0 Å². The Kier molecular flexibility index (Phi) is 4.34. The predicted molar refractivity (Wildman–Crippen MR) is 88.1 cm³/mol. The molecule has 1 unspecified atom stereocenters. The third-order valence-electron chi connectivity index (χ3n) is 3.78. The minimum Gasteiger partial charge on any atom is -0.459 e. The number of fused-ring (bicyclic) bond motifs is 1. The Balaban J connectivity index is 1.73. The SMILES string of the molecule is CC(C(=O)OCc1ccc([N+](=O)[O-])cc1)n1c(=O)oc2ccccc21. The summed E-state index contributed by atoms with van der Waals surface area (Å²) in [4.78, 5) is 34.4. The van der Waals surface area contributed by atoms with E-state index in [1.165, 1.54) is 28.8 Å². The van der Waals surface area contributed by atoms with Gasteiger partial charge in [0.05, 0.1) is 10.4 Å². The molecule has 1 atom stereocenters. The molecule has 128 valence electrons. The van der Waals surface area contributed by atoms with E-state index < -0.39 is 22.7 Å². The minimum atomic E-state index is -0.866. The highest BCUT2D eigenvalue weighted by molar-refractivity contribution is 5.79. The number of nitrogens with zero attached hydrogens (tertiary/aromatic N) is 2. The highest BCUT2D eigenvalue weighted by atomic mass is 16.6. The fourth-order valence-electron chi connectivity index (χ4n) is 2.45. The van der Waals surface area contributed by atoms with E-state index >= 15 is 0 Å². The average Bonchev–Trinajstić information content (AvgIpc) is 2.95. The van der Waals surface area contributed by atoms with Crippen LogP contribution in [0.15, 0.2) is 57.7 Å². The van der Waals surface area contributed by atoms with Gasteiger partial charge in [0.15, 0.2) is 5.58 Å². The van der Waals surface area contributed by atoms with Gasteiger partial charge < -0.3 is 9.15 Å². The van der Waals surface area contributed by atoms with Crippen LogP contribution in [0.25, 0.3) is 11.1 Å². The molecule has 1 heterocycles. The van der Waals surface area contributed by atoms with Gasteiger partial charge in [-0.05, 0) is 36.8 Å². The highest BCUT2D eigenvalue weighted by Gasteiger charge is 2.22. The van der Waals surface area contributed by atoms with Gasteiger partial charge in [0.25, 0.3) is 5.69 Å². The van der Waals surface area contributed by atoms with Crippen molar-refractivity contribution in [2.24, 2.45) is 0 Å². The van der Waals surface area contributed by atoms with E-state index in [0.717, 1.165) is 0 Å². The molecule has 0 fully saturated rings. The van der Waals surface area contributed by atoms with Gasteiger partial charge in [-0.15, -0.1) is 0 Å². The van der Waals surface area contributed by atoms with E-state index in [9.17, 15) is 19.7 Å². The van der Waals surface area contributed by atoms with E-state index in [1.54, 1.807) is 31.2 Å². The lowest BCUT2D eigenvalue weighted by Crippen LogP contribution is -2.26. The number of non-ortho nitro benzene ring substituents is 1. The van der Waals surface area contributed by atoms with Gasteiger partial charge in [0.2, 0.25) is 0 Å². The van der Waals surface area contributed by atoms with Gasteiger partial charge in [-0.2, -0.15) is 0 Å². The minimum absolute atomic E-state index is 0.0418. The summed E-state index contributed by atoms with van der Waals surface area (Å²) < 4.78 is 11.5. The number of ether oxygens (including phenoxy) is 1. The van der Waals surface area contributed by atoms with Gasteiger partial charge in [-0.25, -0.2) is 9.59 Å². The fraction of sp³-hybridized carbons (Fsp3) is 0.176. The number of nitro groups is 1. The zero-order chi connectivity index (χ0) is 18.0. The first-order valence-electron chi connectivity index (χ1n) is 7.47. The smallest absolute Gasteiger partial charge is 0.420 e. The largest absolute Gasteiger partial charge is 0.459 e. The van der Waals surface area contributed by atoms with Crippen molar-refractivity contribution < 1.29 is 18.9 Å². The summed E-state index contributed by atoms with van der Waals surface area (Å²) >= 11 is 0. The Morgan fingerprint density at radius 1 is 1.24 bits per heavy atom. The van der Waals surface area contributed by atoms with E-state index in [4.69, 9.17) is 9.15 Å². The lowest BCUT2D eigenvalue weighted by atomic mass is 10.2. The van der Waals surface area contributed by atoms with Crippen molar-refractivity contribution in [1.29, 1.82) is 0 Å². The van der Waals surface area contributed by atoms with Crippen LogP contribution >= 0.6 is 0 Å². The molecule has 0 saturated carbocycles. The maximum absolute atomic E-state index is 12.3. The number of carbonyl (C=O) groups is 1. The number of oxazole rings is 1. The molecule has 3 rings (SSSR count). The summed E-state index contributed by atoms with van der Waals surface area (Å²) in [7, 11) is 0. The molecule has 0 bridgehead atoms. The van der Waals surface area contributed by atoms with Crippen LogP contribution in [-0.2, 0) is 16.1 Å². The van der Waals surface area contributed by atoms with Crippen LogP contribution in [0.2, 0.25) is 0 Å². The zero-order valence-corrected chi connectivity index (χ0v) is 13.2. The Labute approximate surface area is 141 Å². The molecule has 2 aromatic carbocycles. The molecule has 8 nitrogen and oxygen atoms in total. The highest BCUT2D eigenvalue weighted by Crippen LogP contribution is 2.18. The van der Waals surface area contributed by atoms with Gasteiger partial charge in [-0.3, -0.25) is 14.7 Å². The number of nitro benzene ring substituents is 1. The normalized spacial score (nSPS) is 12.0. The number of hydrogen-bond acceptors (Lipinski definition) is 6. The lowest BCUT2D eigenvalue weighted by molar-refractivity contribution is -0.384. The van der Waals surface area contributed by atoms with Crippen LogP contribution in [-0.4, -0.2) is 15.5 Å². The second-order valence-corrected chi connectivity index (χ2v) is 5.41. The topological polar surface area (TPSA) is 105 Å². The van der Waals surface area contributed by atoms with E-state index in [2.05, 4.69) is 0 Å². The zero-order valence-electron chi connectivity index (χ0n) is 13.2. The number of esters is 1. The molecule has 0 N–H and O–H groups in total. The Morgan fingerprint density at radius 3 is 2.60 bits per heavy atom. The van der Waals surface area contributed by atoms with Gasteiger partial charge >= 0.3 is 11.7 Å². The first-order chi connectivity index (χ1) is 12.0. The quantitative estimate of drug-likeness (QED) is 0.401. The van der Waals surface area contributed by atoms with Crippen molar-refractivity contribution in [3.8, 4) is 0 Å². The summed E-state index contributed by atoms with van der Waals surface area (Å²) in [5.41, 5.74) is 1.46. The molecule has 1 aromatic heterocycles. The van der Waals surface area contributed by atoms with Crippen molar-refractivity contribution in [3.63, 3.8) is 0 Å². The van der Waals surface area contributed by atoms with Crippen LogP contribution < -0.4 is 5.76 Å². The third-order valence-corrected chi connectivity index (χ3v) is 3.78. The summed E-state index contributed by atoms with van der Waals surface area (Å²) in [5, 5.41) is 10.6. The molecular weight excluding hydrogens is 328 g/mol. The van der Waals surface area contributed by atoms with Crippen molar-refractivity contribution in [1.82, 2.24) is 4.57 Å². The monoisotopic (exact) mass is 342 g/mol. The van der Waals surface area contributed by atoms with Crippen LogP contribution in [0.5, 0.6) is 0 Å². The van der Waals surface area contributed by atoms with Crippen molar-refractivity contribution in [2.45, 2.75) is 19.6 Å². The molecule has 0 aliphatic carbocycles. The maximum atomic E-state index is 12.3. The van der Waals surface area contributed by atoms with Gasteiger partial charge in [0, 0.05) is 12.1 Å². The molecule has 8 heteroatoms. The van der Waals surface area contributed by atoms with Gasteiger partial charge in [-0.1, -0.05) is 12.1 Å². The van der Waals surface area contributed by atoms with E-state index in [-0.39, 0.29) is 12.3 Å². The maximum Gasteiger partial charge on any atom is 0.420 e. The molecule has 25 heavy (non-hydrogen) atoms. The molecule has 0 radical (unpaired) electrons. The van der Waals surface area contributed by atoms with Crippen LogP contribution in [0.1, 0.15) is 18.5 Å². The van der Waals surface area contributed by atoms with Crippen molar-refractivity contribution in [2.75, 3.05) is 0 Å². The standard InChI is InChI=1S/C17H14N2O6/c1-11(18-14-4-2-3-5-15(14)25-17(18)21)16(20)24-10-12-6-8-13(9-7-12)19(22)23/h2-9,11H,10H2,1H3. The van der Waals surface area contributed by atoms with Crippen LogP contribution in [0, 0.1) is 10.1 Å². The summed E-state index contributed by atoms with van der Waals surface area (Å²) in [6.45, 7) is 1.49. The van der Waals surface area contributed by atoms with E-state index in [0.29, 0.717) is 16.7 Å².